The van der Waals surface area contributed by atoms with Crippen LogP contribution in [0.25, 0.3) is 21.6 Å². The van der Waals surface area contributed by atoms with Gasteiger partial charge in [0, 0.05) is 59.4 Å². The van der Waals surface area contributed by atoms with Crippen molar-refractivity contribution in [1.29, 1.82) is 0 Å². The zero-order valence-corrected chi connectivity index (χ0v) is 36.0. The molecule has 3 saturated carbocycles. The number of nitrogens with one attached hydrogen (secondary N) is 3. The van der Waals surface area contributed by atoms with Gasteiger partial charge >= 0.3 is 6.03 Å². The molecule has 3 aliphatic heterocycles. The zero-order valence-electron chi connectivity index (χ0n) is 34.4. The molecule has 3 N–H and O–H groups in total. The minimum atomic E-state index is -3.65. The van der Waals surface area contributed by atoms with Crippen molar-refractivity contribution in [2.75, 3.05) is 26.7 Å². The van der Waals surface area contributed by atoms with Gasteiger partial charge in [-0.05, 0) is 83.3 Å². The molecule has 1 aromatic carbocycles. The number of pyridine rings is 1. The van der Waals surface area contributed by atoms with E-state index in [1.165, 1.54) is 0 Å². The summed E-state index contributed by atoms with van der Waals surface area (Å²) in [6.45, 7) is 7.50. The molecular weight excluding hydrogens is 803 g/mol. The monoisotopic (exact) mass is 857 g/mol. The number of carbonyl (C=O) groups is 3. The Bertz CT molecular complexity index is 2330. The number of likely N-dealkylation sites (tertiary alicyclic amines) is 1. The number of rotatable bonds is 10. The smallest absolute Gasteiger partial charge is 0.318 e. The van der Waals surface area contributed by atoms with Crippen LogP contribution in [-0.2, 0) is 19.6 Å². The second-order valence-electron chi connectivity index (χ2n) is 17.5. The highest BCUT2D eigenvalue weighted by atomic mass is 32.2. The number of carbonyl (C=O) groups excluding carboxylic acids is 3. The number of urea groups is 1. The molecule has 0 spiro atoms. The fourth-order valence-corrected chi connectivity index (χ4v) is 11.4. The molecule has 6 aliphatic rings. The first-order valence-electron chi connectivity index (χ1n) is 21.6. The number of hydrogen-bond acceptors (Lipinski definition) is 10. The molecule has 5 heterocycles. The van der Waals surface area contributed by atoms with Crippen LogP contribution < -0.4 is 24.8 Å². The summed E-state index contributed by atoms with van der Waals surface area (Å²) in [5.41, 5.74) is 2.48. The van der Waals surface area contributed by atoms with Gasteiger partial charge in [-0.15, -0.1) is 11.3 Å². The van der Waals surface area contributed by atoms with Crippen molar-refractivity contribution in [2.24, 2.45) is 5.92 Å². The minimum absolute atomic E-state index is 0.0932. The van der Waals surface area contributed by atoms with E-state index in [2.05, 4.69) is 39.5 Å². The number of aromatic nitrogens is 2. The number of allylic oxidation sites excluding steroid dienone is 1. The highest BCUT2D eigenvalue weighted by Crippen LogP contribution is 2.50. The first-order chi connectivity index (χ1) is 28.9. The number of ether oxygens (including phenoxy) is 2. The van der Waals surface area contributed by atoms with E-state index in [-0.39, 0.29) is 36.5 Å². The lowest BCUT2D eigenvalue weighted by Gasteiger charge is -2.31. The highest BCUT2D eigenvalue weighted by molar-refractivity contribution is 7.90. The number of aryl methyl sites for hydroxylation is 1. The van der Waals surface area contributed by atoms with E-state index in [1.54, 1.807) is 28.2 Å². The van der Waals surface area contributed by atoms with Gasteiger partial charge in [-0.2, -0.15) is 0 Å². The highest BCUT2D eigenvalue weighted by Gasteiger charge is 2.59. The second-order valence-corrected chi connectivity index (χ2v) is 20.3. The van der Waals surface area contributed by atoms with Crippen LogP contribution in [-0.4, -0.2) is 102 Å². The lowest BCUT2D eigenvalue weighted by atomic mass is 10.0. The summed E-state index contributed by atoms with van der Waals surface area (Å²) in [7, 11) is -2.02. The van der Waals surface area contributed by atoms with Crippen LogP contribution in [0.2, 0.25) is 0 Å². The molecule has 16 heteroatoms. The van der Waals surface area contributed by atoms with Crippen LogP contribution >= 0.6 is 11.3 Å². The number of thiazole rings is 1. The van der Waals surface area contributed by atoms with Crippen LogP contribution in [0.15, 0.2) is 48.0 Å². The van der Waals surface area contributed by atoms with Gasteiger partial charge in [0.05, 0.1) is 35.7 Å². The van der Waals surface area contributed by atoms with Gasteiger partial charge in [-0.3, -0.25) is 14.3 Å². The number of hydrogen-bond donors (Lipinski definition) is 3. The number of fused-ring (bicyclic) bond motifs is 3. The van der Waals surface area contributed by atoms with E-state index in [0.717, 1.165) is 73.0 Å². The number of nitrogens with zero attached hydrogens (tertiary/aromatic N) is 4. The Balaban J connectivity index is 1.05. The molecule has 3 aliphatic carbocycles. The predicted octanol–water partition coefficient (Wildman–Crippen LogP) is 6.07. The fraction of sp³-hybridized carbons (Fsp3) is 0.568. The topological polar surface area (TPSA) is 172 Å². The van der Waals surface area contributed by atoms with Crippen LogP contribution in [0.1, 0.15) is 101 Å². The molecule has 5 atom stereocenters. The van der Waals surface area contributed by atoms with E-state index >= 15 is 0 Å². The van der Waals surface area contributed by atoms with E-state index in [1.807, 2.05) is 25.1 Å². The average Bonchev–Trinajstić information content (AvgIpc) is 4.20. The number of sulfonamides is 1. The Morgan fingerprint density at radius 3 is 2.58 bits per heavy atom. The number of benzene rings is 1. The van der Waals surface area contributed by atoms with Crippen LogP contribution in [0.5, 0.6) is 11.5 Å². The molecule has 9 rings (SSSR count). The van der Waals surface area contributed by atoms with Gasteiger partial charge < -0.3 is 29.9 Å². The third kappa shape index (κ3) is 8.20. The molecule has 3 aromatic rings. The third-order valence-electron chi connectivity index (χ3n) is 13.1. The molecule has 4 amide bonds. The summed E-state index contributed by atoms with van der Waals surface area (Å²) in [5.74, 6) is 0.798. The van der Waals surface area contributed by atoms with Gasteiger partial charge in [0.1, 0.15) is 40.4 Å². The maximum atomic E-state index is 14.9. The summed E-state index contributed by atoms with van der Waals surface area (Å²) in [5, 5.41) is 9.44. The van der Waals surface area contributed by atoms with Gasteiger partial charge in [-0.25, -0.2) is 23.2 Å². The summed E-state index contributed by atoms with van der Waals surface area (Å²) in [6, 6.07) is 3.61. The molecule has 60 heavy (non-hydrogen) atoms. The standard InChI is InChI=1S/C44H55N7O7S2/c1-26-37(57-3)18-17-32-38(22-34(45-39(26)32)41-46-35(25-59-41)28-13-14-28)58-30-21-36-40(52)48-44(27(2)49-60(55,56)31-15-16-31)23-29(44)11-7-5-4-6-8-12-33(42(53)51(36)24-30)47-43(54)50-19-9-10-20-50/h7,11,17-18,22,25,28-31,33,36,49H,2,4-6,8-10,12-16,19-21,23-24H2,1,3H3,(H,47,54)(H,48,52)/b11-7-/t29-,30-,33+,36+,44+/m1/s1. The van der Waals surface area contributed by atoms with Crippen molar-refractivity contribution < 1.29 is 32.3 Å². The van der Waals surface area contributed by atoms with Gasteiger partial charge in [0.15, 0.2) is 0 Å². The lowest BCUT2D eigenvalue weighted by Crippen LogP contribution is -2.57. The molecule has 5 fully saturated rings. The second kappa shape index (κ2) is 16.3. The summed E-state index contributed by atoms with van der Waals surface area (Å²) >= 11 is 1.55. The predicted molar refractivity (Wildman–Crippen MR) is 229 cm³/mol. The summed E-state index contributed by atoms with van der Waals surface area (Å²) in [6.07, 6.45) is 13.2. The molecule has 320 valence electrons. The van der Waals surface area contributed by atoms with Crippen molar-refractivity contribution in [2.45, 2.75) is 125 Å². The van der Waals surface area contributed by atoms with E-state index in [4.69, 9.17) is 19.4 Å². The van der Waals surface area contributed by atoms with Crippen LogP contribution in [0.3, 0.4) is 0 Å². The van der Waals surface area contributed by atoms with Gasteiger partial charge in [0.25, 0.3) is 0 Å². The Morgan fingerprint density at radius 2 is 1.83 bits per heavy atom. The Labute approximate surface area is 355 Å². The maximum absolute atomic E-state index is 14.9. The van der Waals surface area contributed by atoms with Gasteiger partial charge in [-0.1, -0.05) is 31.6 Å². The molecule has 2 saturated heterocycles. The first-order valence-corrected chi connectivity index (χ1v) is 24.0. The van der Waals surface area contributed by atoms with Crippen molar-refractivity contribution in [3.05, 3.63) is 59.3 Å². The average molecular weight is 858 g/mol. The van der Waals surface area contributed by atoms with E-state index in [0.29, 0.717) is 67.4 Å². The van der Waals surface area contributed by atoms with Crippen molar-refractivity contribution >= 4 is 50.1 Å². The fourth-order valence-electron chi connectivity index (χ4n) is 9.11. The molecular formula is C44H55N7O7S2. The molecule has 0 bridgehead atoms. The minimum Gasteiger partial charge on any atom is -0.496 e. The SMILES string of the molecule is C=C(NS(=O)(=O)C1CC1)[C@@]12C[C@H]1/C=C\CCCCC[C@H](NC(=O)N1CCCC1)C(=O)N1C[C@H](Oc3cc(-c4nc(C5CC5)cs4)nc4c(C)c(OC)ccc34)C[C@H]1C(=O)N2. The first kappa shape index (κ1) is 40.7. The largest absolute Gasteiger partial charge is 0.496 e. The van der Waals surface area contributed by atoms with Crippen LogP contribution in [0.4, 0.5) is 4.79 Å². The normalized spacial score (nSPS) is 27.9. The Hall–Kier alpha value is -4.70. The molecule has 14 nitrogen and oxygen atoms in total. The van der Waals surface area contributed by atoms with E-state index in [9.17, 15) is 22.8 Å². The summed E-state index contributed by atoms with van der Waals surface area (Å²) in [4.78, 5) is 56.5. The molecule has 2 aromatic heterocycles. The summed E-state index contributed by atoms with van der Waals surface area (Å²) < 4.78 is 41.5. The van der Waals surface area contributed by atoms with Crippen molar-refractivity contribution in [3.63, 3.8) is 0 Å². The van der Waals surface area contributed by atoms with Gasteiger partial charge in [0.2, 0.25) is 21.8 Å². The van der Waals surface area contributed by atoms with Crippen molar-refractivity contribution in [3.8, 4) is 22.2 Å². The Morgan fingerprint density at radius 1 is 1.03 bits per heavy atom. The number of methoxy groups -OCH3 is 1. The quantitative estimate of drug-likeness (QED) is 0.205. The Kier molecular flexibility index (Phi) is 11.1. The van der Waals surface area contributed by atoms with E-state index < -0.39 is 44.9 Å². The molecule has 0 unspecified atom stereocenters. The van der Waals surface area contributed by atoms with Crippen molar-refractivity contribution in [1.82, 2.24) is 35.1 Å². The van der Waals surface area contributed by atoms with Crippen LogP contribution in [0, 0.1) is 12.8 Å². The third-order valence-corrected chi connectivity index (χ3v) is 15.9. The zero-order chi connectivity index (χ0) is 41.8. The number of amides is 4. The molecule has 0 radical (unpaired) electrons. The lowest BCUT2D eigenvalue weighted by molar-refractivity contribution is -0.140. The maximum Gasteiger partial charge on any atom is 0.318 e.